The Kier molecular flexibility index (Phi) is 7.47. The molecule has 0 aliphatic rings. The molecular weight excluding hydrogens is 370 g/mol. The Morgan fingerprint density at radius 3 is 2.14 bits per heavy atom. The summed E-state index contributed by atoms with van der Waals surface area (Å²) >= 11 is 0. The average Bonchev–Trinajstić information content (AvgIpc) is 2.70. The lowest BCUT2D eigenvalue weighted by Crippen LogP contribution is -2.41. The van der Waals surface area contributed by atoms with Crippen LogP contribution in [0, 0.1) is 20.8 Å². The van der Waals surface area contributed by atoms with E-state index in [0.29, 0.717) is 11.5 Å². The fraction of sp³-hybridized carbons (Fsp3) is 0.364. The van der Waals surface area contributed by atoms with Gasteiger partial charge >= 0.3 is 0 Å². The molecule has 1 atom stereocenters. The smallest absolute Gasteiger partial charge is 0.243 e. The van der Waals surface area contributed by atoms with Crippen molar-refractivity contribution in [1.29, 1.82) is 0 Å². The summed E-state index contributed by atoms with van der Waals surface area (Å²) in [4.78, 5) is 24.7. The Hall–Kier alpha value is -3.22. The molecule has 0 saturated heterocycles. The molecule has 2 amide bonds. The Bertz CT molecular complexity index is 876. The number of ether oxygens (including phenoxy) is 2. The standard InChI is InChI=1S/C22H29N3O4/c1-13-8-7-9-14(2)21(13)25-20(26)12-23-22(27)16(4)24-17-11-19(29-6)18(28-5)10-15(17)3/h7-11,16,24H,12H2,1-6H3,(H,23,27)(H,25,26)/t16-/m1/s1. The average molecular weight is 399 g/mol. The summed E-state index contributed by atoms with van der Waals surface area (Å²) < 4.78 is 10.6. The zero-order valence-corrected chi connectivity index (χ0v) is 17.8. The molecule has 0 saturated carbocycles. The quantitative estimate of drug-likeness (QED) is 0.634. The van der Waals surface area contributed by atoms with Gasteiger partial charge in [-0.2, -0.15) is 0 Å². The highest BCUT2D eigenvalue weighted by Gasteiger charge is 2.17. The summed E-state index contributed by atoms with van der Waals surface area (Å²) in [7, 11) is 3.13. The van der Waals surface area contributed by atoms with E-state index in [1.807, 2.05) is 45.0 Å². The van der Waals surface area contributed by atoms with Crippen LogP contribution in [0.5, 0.6) is 11.5 Å². The van der Waals surface area contributed by atoms with Crippen LogP contribution in [-0.4, -0.2) is 38.6 Å². The van der Waals surface area contributed by atoms with Crippen molar-refractivity contribution < 1.29 is 19.1 Å². The number of hydrogen-bond donors (Lipinski definition) is 3. The first-order valence-corrected chi connectivity index (χ1v) is 9.39. The van der Waals surface area contributed by atoms with Gasteiger partial charge in [0.25, 0.3) is 0 Å². The van der Waals surface area contributed by atoms with Crippen molar-refractivity contribution in [2.45, 2.75) is 33.7 Å². The molecule has 0 fully saturated rings. The van der Waals surface area contributed by atoms with E-state index < -0.39 is 6.04 Å². The zero-order valence-electron chi connectivity index (χ0n) is 17.8. The van der Waals surface area contributed by atoms with Crippen LogP contribution in [0.4, 0.5) is 11.4 Å². The number of carbonyl (C=O) groups is 2. The summed E-state index contributed by atoms with van der Waals surface area (Å²) in [5.41, 5.74) is 4.39. The van der Waals surface area contributed by atoms with E-state index in [1.165, 1.54) is 0 Å². The molecule has 0 aromatic heterocycles. The van der Waals surface area contributed by atoms with Crippen molar-refractivity contribution in [2.24, 2.45) is 0 Å². The van der Waals surface area contributed by atoms with Gasteiger partial charge in [0.2, 0.25) is 11.8 Å². The second-order valence-corrected chi connectivity index (χ2v) is 6.92. The maximum absolute atomic E-state index is 12.4. The molecule has 2 rings (SSSR count). The van der Waals surface area contributed by atoms with Gasteiger partial charge in [-0.25, -0.2) is 0 Å². The van der Waals surface area contributed by atoms with Crippen molar-refractivity contribution in [3.8, 4) is 11.5 Å². The van der Waals surface area contributed by atoms with Crippen molar-refractivity contribution in [3.63, 3.8) is 0 Å². The zero-order chi connectivity index (χ0) is 21.6. The largest absolute Gasteiger partial charge is 0.493 e. The number of anilines is 2. The van der Waals surface area contributed by atoms with Crippen molar-refractivity contribution in [1.82, 2.24) is 5.32 Å². The molecule has 0 heterocycles. The lowest BCUT2D eigenvalue weighted by Gasteiger charge is -2.19. The number of benzene rings is 2. The SMILES string of the molecule is COc1cc(C)c(N[C@H](C)C(=O)NCC(=O)Nc2c(C)cccc2C)cc1OC. The number of para-hydroxylation sites is 1. The van der Waals surface area contributed by atoms with E-state index in [-0.39, 0.29) is 18.4 Å². The number of carbonyl (C=O) groups excluding carboxylic acids is 2. The summed E-state index contributed by atoms with van der Waals surface area (Å²) in [5, 5.41) is 8.67. The Labute approximate surface area is 171 Å². The summed E-state index contributed by atoms with van der Waals surface area (Å²) in [5.74, 6) is 0.637. The number of aryl methyl sites for hydroxylation is 3. The predicted molar refractivity (Wildman–Crippen MR) is 115 cm³/mol. The molecule has 0 spiro atoms. The van der Waals surface area contributed by atoms with Crippen LogP contribution in [0.2, 0.25) is 0 Å². The Morgan fingerprint density at radius 2 is 1.55 bits per heavy atom. The minimum atomic E-state index is -0.542. The normalized spacial score (nSPS) is 11.4. The summed E-state index contributed by atoms with van der Waals surface area (Å²) in [6, 6.07) is 8.87. The van der Waals surface area contributed by atoms with Gasteiger partial charge < -0.3 is 25.4 Å². The van der Waals surface area contributed by atoms with E-state index in [1.54, 1.807) is 27.2 Å². The van der Waals surface area contributed by atoms with Crippen LogP contribution < -0.4 is 25.4 Å². The van der Waals surface area contributed by atoms with Gasteiger partial charge in [0.15, 0.2) is 11.5 Å². The van der Waals surface area contributed by atoms with Gasteiger partial charge in [-0.05, 0) is 50.5 Å². The van der Waals surface area contributed by atoms with Crippen LogP contribution in [0.3, 0.4) is 0 Å². The maximum atomic E-state index is 12.4. The van der Waals surface area contributed by atoms with Crippen molar-refractivity contribution >= 4 is 23.2 Å². The molecule has 0 unspecified atom stereocenters. The van der Waals surface area contributed by atoms with Crippen LogP contribution in [-0.2, 0) is 9.59 Å². The molecule has 2 aromatic carbocycles. The highest BCUT2D eigenvalue weighted by atomic mass is 16.5. The summed E-state index contributed by atoms with van der Waals surface area (Å²) in [6.45, 7) is 7.39. The van der Waals surface area contributed by atoms with Crippen molar-refractivity contribution in [3.05, 3.63) is 47.0 Å². The van der Waals surface area contributed by atoms with Crippen LogP contribution >= 0.6 is 0 Å². The van der Waals surface area contributed by atoms with E-state index in [2.05, 4.69) is 16.0 Å². The second-order valence-electron chi connectivity index (χ2n) is 6.92. The molecule has 7 heteroatoms. The fourth-order valence-electron chi connectivity index (χ4n) is 2.95. The van der Waals surface area contributed by atoms with Gasteiger partial charge in [-0.15, -0.1) is 0 Å². The van der Waals surface area contributed by atoms with Gasteiger partial charge in [0.05, 0.1) is 20.8 Å². The lowest BCUT2D eigenvalue weighted by molar-refractivity contribution is -0.124. The predicted octanol–water partition coefficient (Wildman–Crippen LogP) is 3.18. The molecule has 3 N–H and O–H groups in total. The Balaban J connectivity index is 1.95. The molecule has 0 radical (unpaired) electrons. The topological polar surface area (TPSA) is 88.7 Å². The van der Waals surface area contributed by atoms with Gasteiger partial charge in [-0.3, -0.25) is 9.59 Å². The first-order chi connectivity index (χ1) is 13.8. The Morgan fingerprint density at radius 1 is 0.966 bits per heavy atom. The number of hydrogen-bond acceptors (Lipinski definition) is 5. The number of nitrogens with one attached hydrogen (secondary N) is 3. The monoisotopic (exact) mass is 399 g/mol. The maximum Gasteiger partial charge on any atom is 0.243 e. The number of rotatable bonds is 8. The van der Waals surface area contributed by atoms with Gasteiger partial charge in [0.1, 0.15) is 6.04 Å². The third-order valence-electron chi connectivity index (χ3n) is 4.66. The lowest BCUT2D eigenvalue weighted by atomic mass is 10.1. The first-order valence-electron chi connectivity index (χ1n) is 9.39. The third-order valence-corrected chi connectivity index (χ3v) is 4.66. The minimum Gasteiger partial charge on any atom is -0.493 e. The van der Waals surface area contributed by atoms with Crippen LogP contribution in [0.1, 0.15) is 23.6 Å². The van der Waals surface area contributed by atoms with E-state index in [4.69, 9.17) is 9.47 Å². The van der Waals surface area contributed by atoms with E-state index in [0.717, 1.165) is 28.1 Å². The van der Waals surface area contributed by atoms with Crippen molar-refractivity contribution in [2.75, 3.05) is 31.4 Å². The van der Waals surface area contributed by atoms with E-state index in [9.17, 15) is 9.59 Å². The molecular formula is C22H29N3O4. The second kappa shape index (κ2) is 9.82. The molecule has 29 heavy (non-hydrogen) atoms. The highest BCUT2D eigenvalue weighted by molar-refractivity contribution is 5.96. The molecule has 0 aliphatic carbocycles. The minimum absolute atomic E-state index is 0.108. The molecule has 0 bridgehead atoms. The molecule has 7 nitrogen and oxygen atoms in total. The molecule has 2 aromatic rings. The van der Waals surface area contributed by atoms with Gasteiger partial charge in [0, 0.05) is 17.4 Å². The molecule has 156 valence electrons. The van der Waals surface area contributed by atoms with Crippen LogP contribution in [0.25, 0.3) is 0 Å². The van der Waals surface area contributed by atoms with Crippen LogP contribution in [0.15, 0.2) is 30.3 Å². The number of amides is 2. The van der Waals surface area contributed by atoms with E-state index >= 15 is 0 Å². The summed E-state index contributed by atoms with van der Waals surface area (Å²) in [6.07, 6.45) is 0. The first kappa shape index (κ1) is 22.1. The molecule has 0 aliphatic heterocycles. The fourth-order valence-corrected chi connectivity index (χ4v) is 2.95. The third kappa shape index (κ3) is 5.63. The number of methoxy groups -OCH3 is 2. The van der Waals surface area contributed by atoms with Gasteiger partial charge in [-0.1, -0.05) is 18.2 Å². The highest BCUT2D eigenvalue weighted by Crippen LogP contribution is 2.33.